The van der Waals surface area contributed by atoms with Crippen molar-refractivity contribution < 1.29 is 13.6 Å². The first kappa shape index (κ1) is 23.4. The molecule has 0 saturated heterocycles. The van der Waals surface area contributed by atoms with E-state index in [0.29, 0.717) is 18.4 Å². The fourth-order valence-electron chi connectivity index (χ4n) is 3.14. The molecule has 160 valence electrons. The van der Waals surface area contributed by atoms with Gasteiger partial charge in [0.2, 0.25) is 0 Å². The Bertz CT molecular complexity index is 935. The smallest absolute Gasteiger partial charge is 0.320 e. The minimum Gasteiger partial charge on any atom is -0.322 e. The maximum absolute atomic E-state index is 14.4. The normalized spacial score (nSPS) is 11.7. The molecule has 0 unspecified atom stereocenters. The van der Waals surface area contributed by atoms with Gasteiger partial charge in [0.05, 0.1) is 11.2 Å². The minimum atomic E-state index is -0.893. The summed E-state index contributed by atoms with van der Waals surface area (Å²) in [5.41, 5.74) is 1.97. The third-order valence-corrected chi connectivity index (χ3v) is 4.60. The molecule has 0 bridgehead atoms. The minimum absolute atomic E-state index is 0.0360. The van der Waals surface area contributed by atoms with Crippen molar-refractivity contribution in [3.05, 3.63) is 64.7 Å². The van der Waals surface area contributed by atoms with Crippen molar-refractivity contribution in [1.82, 2.24) is 5.32 Å². The summed E-state index contributed by atoms with van der Waals surface area (Å²) in [6.07, 6.45) is 7.30. The van der Waals surface area contributed by atoms with Gasteiger partial charge in [-0.3, -0.25) is 0 Å². The van der Waals surface area contributed by atoms with Gasteiger partial charge in [0.25, 0.3) is 0 Å². The molecule has 2 aromatic rings. The summed E-state index contributed by atoms with van der Waals surface area (Å²) in [5, 5.41) is 5.06. The molecule has 2 aromatic carbocycles. The van der Waals surface area contributed by atoms with Crippen LogP contribution in [-0.2, 0) is 19.3 Å². The number of hydrogen-bond donors (Lipinski definition) is 2. The predicted octanol–water partition coefficient (Wildman–Crippen LogP) is 5.87. The van der Waals surface area contributed by atoms with Crippen molar-refractivity contribution >= 4 is 11.7 Å². The first-order chi connectivity index (χ1) is 13.9. The van der Waals surface area contributed by atoms with Crippen LogP contribution in [0.1, 0.15) is 51.3 Å². The van der Waals surface area contributed by atoms with E-state index in [1.165, 1.54) is 11.6 Å². The van der Waals surface area contributed by atoms with E-state index in [2.05, 4.69) is 49.5 Å². The topological polar surface area (TPSA) is 41.1 Å². The Labute approximate surface area is 178 Å². The average Bonchev–Trinajstić information content (AvgIpc) is 2.62. The molecular weight excluding hydrogens is 382 g/mol. The second kappa shape index (κ2) is 9.30. The van der Waals surface area contributed by atoms with E-state index in [-0.39, 0.29) is 11.1 Å². The molecular formula is C25H30F2N2O. The van der Waals surface area contributed by atoms with Crippen molar-refractivity contribution in [2.75, 3.05) is 5.32 Å². The Balaban J connectivity index is 2.14. The first-order valence-electron chi connectivity index (χ1n) is 10.0. The van der Waals surface area contributed by atoms with Crippen LogP contribution in [-0.4, -0.2) is 11.6 Å². The fraction of sp³-hybridized carbons (Fsp3) is 0.400. The van der Waals surface area contributed by atoms with Crippen molar-refractivity contribution in [3.8, 4) is 12.3 Å². The second-order valence-corrected chi connectivity index (χ2v) is 9.32. The van der Waals surface area contributed by atoms with E-state index in [0.717, 1.165) is 18.1 Å². The molecule has 0 spiro atoms. The van der Waals surface area contributed by atoms with Gasteiger partial charge in [0.15, 0.2) is 0 Å². The van der Waals surface area contributed by atoms with Crippen LogP contribution in [0.5, 0.6) is 0 Å². The largest absolute Gasteiger partial charge is 0.322 e. The number of carbonyl (C=O) groups is 1. The number of aryl methyl sites for hydroxylation is 2. The number of halogens is 2. The summed E-state index contributed by atoms with van der Waals surface area (Å²) in [5.74, 6) is 0.933. The first-order valence-corrected chi connectivity index (χ1v) is 10.0. The third kappa shape index (κ3) is 7.18. The lowest BCUT2D eigenvalue weighted by Crippen LogP contribution is -2.44. The highest BCUT2D eigenvalue weighted by Gasteiger charge is 2.20. The highest BCUT2D eigenvalue weighted by molar-refractivity contribution is 5.91. The number of hydrogen-bond acceptors (Lipinski definition) is 1. The Kier molecular flexibility index (Phi) is 7.25. The van der Waals surface area contributed by atoms with Crippen LogP contribution < -0.4 is 10.6 Å². The molecule has 3 nitrogen and oxygen atoms in total. The Hall–Kier alpha value is -2.87. The van der Waals surface area contributed by atoms with E-state index in [1.54, 1.807) is 13.8 Å². The standard InChI is InChI=1S/C25H30F2N2O/c1-7-25(5,6)29-23(30)28-22-19(14-20(26)15-21(22)27)13-12-17-8-10-18(11-9-17)16-24(2,3)4/h1,8-11,14-15H,12-13,16H2,2-6H3,(H2,28,29,30). The number of nitrogens with one attached hydrogen (secondary N) is 2. The Morgan fingerprint density at radius 2 is 1.60 bits per heavy atom. The monoisotopic (exact) mass is 412 g/mol. The van der Waals surface area contributed by atoms with E-state index < -0.39 is 23.2 Å². The highest BCUT2D eigenvalue weighted by atomic mass is 19.1. The molecule has 5 heteroatoms. The third-order valence-electron chi connectivity index (χ3n) is 4.60. The molecule has 0 aliphatic heterocycles. The predicted molar refractivity (Wildman–Crippen MR) is 118 cm³/mol. The zero-order chi connectivity index (χ0) is 22.5. The molecule has 0 aliphatic rings. The molecule has 0 aliphatic carbocycles. The summed E-state index contributed by atoms with van der Waals surface area (Å²) in [4.78, 5) is 12.2. The summed E-state index contributed by atoms with van der Waals surface area (Å²) < 4.78 is 28.2. The Morgan fingerprint density at radius 1 is 1.00 bits per heavy atom. The lowest BCUT2D eigenvalue weighted by molar-refractivity contribution is 0.246. The maximum Gasteiger partial charge on any atom is 0.320 e. The number of urea groups is 1. The molecule has 0 atom stereocenters. The molecule has 2 rings (SSSR count). The summed E-state index contributed by atoms with van der Waals surface area (Å²) in [6.45, 7) is 9.87. The number of anilines is 1. The van der Waals surface area contributed by atoms with Crippen molar-refractivity contribution in [2.24, 2.45) is 5.41 Å². The number of carbonyl (C=O) groups excluding carboxylic acids is 1. The number of rotatable bonds is 6. The number of terminal acetylenes is 1. The summed E-state index contributed by atoms with van der Waals surface area (Å²) in [7, 11) is 0. The molecule has 0 radical (unpaired) electrons. The van der Waals surface area contributed by atoms with Gasteiger partial charge in [-0.05, 0) is 61.3 Å². The lowest BCUT2D eigenvalue weighted by atomic mass is 9.88. The highest BCUT2D eigenvalue weighted by Crippen LogP contribution is 2.25. The quantitative estimate of drug-likeness (QED) is 0.572. The van der Waals surface area contributed by atoms with Crippen LogP contribution in [0.4, 0.5) is 19.3 Å². The average molecular weight is 413 g/mol. The van der Waals surface area contributed by atoms with Crippen LogP contribution in [0.15, 0.2) is 36.4 Å². The van der Waals surface area contributed by atoms with Crippen molar-refractivity contribution in [2.45, 2.75) is 59.4 Å². The number of benzene rings is 2. The molecule has 0 aromatic heterocycles. The van der Waals surface area contributed by atoms with Gasteiger partial charge in [0, 0.05) is 6.07 Å². The van der Waals surface area contributed by atoms with Crippen LogP contribution in [0, 0.1) is 29.4 Å². The molecule has 30 heavy (non-hydrogen) atoms. The van der Waals surface area contributed by atoms with E-state index in [4.69, 9.17) is 6.42 Å². The SMILES string of the molecule is C#CC(C)(C)NC(=O)Nc1c(F)cc(F)cc1CCc1ccc(CC(C)(C)C)cc1. The Morgan fingerprint density at radius 3 is 2.17 bits per heavy atom. The van der Waals surface area contributed by atoms with E-state index >= 15 is 0 Å². The molecule has 0 fully saturated rings. The van der Waals surface area contributed by atoms with Crippen molar-refractivity contribution in [1.29, 1.82) is 0 Å². The van der Waals surface area contributed by atoms with E-state index in [9.17, 15) is 13.6 Å². The van der Waals surface area contributed by atoms with Crippen molar-refractivity contribution in [3.63, 3.8) is 0 Å². The van der Waals surface area contributed by atoms with Gasteiger partial charge >= 0.3 is 6.03 Å². The van der Waals surface area contributed by atoms with Crippen LogP contribution in [0.3, 0.4) is 0 Å². The van der Waals surface area contributed by atoms with E-state index in [1.807, 2.05) is 12.1 Å². The van der Waals surface area contributed by atoms with Gasteiger partial charge in [-0.2, -0.15) is 0 Å². The number of amides is 2. The molecule has 0 saturated carbocycles. The zero-order valence-electron chi connectivity index (χ0n) is 18.3. The van der Waals surface area contributed by atoms with Gasteiger partial charge < -0.3 is 10.6 Å². The van der Waals surface area contributed by atoms with Gasteiger partial charge in [-0.25, -0.2) is 13.6 Å². The molecule has 2 amide bonds. The van der Waals surface area contributed by atoms with Crippen LogP contribution >= 0.6 is 0 Å². The molecule has 0 heterocycles. The summed E-state index contributed by atoms with van der Waals surface area (Å²) >= 11 is 0. The lowest BCUT2D eigenvalue weighted by Gasteiger charge is -2.21. The van der Waals surface area contributed by atoms with Crippen LogP contribution in [0.2, 0.25) is 0 Å². The van der Waals surface area contributed by atoms with Gasteiger partial charge in [0.1, 0.15) is 11.6 Å². The van der Waals surface area contributed by atoms with Gasteiger partial charge in [-0.15, -0.1) is 6.42 Å². The summed E-state index contributed by atoms with van der Waals surface area (Å²) in [6, 6.07) is 9.60. The van der Waals surface area contributed by atoms with Crippen LogP contribution in [0.25, 0.3) is 0 Å². The molecule has 2 N–H and O–H groups in total. The zero-order valence-corrected chi connectivity index (χ0v) is 18.3. The van der Waals surface area contributed by atoms with Gasteiger partial charge in [-0.1, -0.05) is 51.0 Å². The fourth-order valence-corrected chi connectivity index (χ4v) is 3.14. The maximum atomic E-state index is 14.4. The second-order valence-electron chi connectivity index (χ2n) is 9.32.